The normalized spacial score (nSPS) is 13.3. The second kappa shape index (κ2) is 8.33. The molecule has 33 heavy (non-hydrogen) atoms. The summed E-state index contributed by atoms with van der Waals surface area (Å²) < 4.78 is 33.4. The van der Waals surface area contributed by atoms with Crippen molar-refractivity contribution in [2.75, 3.05) is 34.2 Å². The summed E-state index contributed by atoms with van der Waals surface area (Å²) >= 11 is 0. The summed E-state index contributed by atoms with van der Waals surface area (Å²) in [5.41, 5.74) is 11.0. The Labute approximate surface area is 188 Å². The Kier molecular flexibility index (Phi) is 5.20. The van der Waals surface area contributed by atoms with Crippen LogP contribution in [0.3, 0.4) is 0 Å². The molecule has 2 aliphatic rings. The Morgan fingerprint density at radius 2 is 1.76 bits per heavy atom. The maximum Gasteiger partial charge on any atom is 0.339 e. The third-order valence-electron chi connectivity index (χ3n) is 5.58. The van der Waals surface area contributed by atoms with Gasteiger partial charge in [0.1, 0.15) is 12.4 Å². The number of methoxy groups -OCH3 is 2. The highest BCUT2D eigenvalue weighted by molar-refractivity contribution is 6.14. The molecule has 5 rings (SSSR count). The Morgan fingerprint density at radius 1 is 1.00 bits per heavy atom. The number of rotatable bonds is 7. The van der Waals surface area contributed by atoms with Crippen molar-refractivity contribution in [2.24, 2.45) is 5.11 Å². The van der Waals surface area contributed by atoms with Crippen LogP contribution >= 0.6 is 0 Å². The molecule has 10 heteroatoms. The summed E-state index contributed by atoms with van der Waals surface area (Å²) in [5, 5.41) is 4.94. The molecule has 2 aliphatic heterocycles. The minimum Gasteiger partial charge on any atom is -0.493 e. The number of benzene rings is 3. The molecule has 0 atom stereocenters. The van der Waals surface area contributed by atoms with Crippen molar-refractivity contribution in [3.63, 3.8) is 0 Å². The topological polar surface area (TPSA) is 121 Å². The molecule has 0 N–H and O–H groups in total. The van der Waals surface area contributed by atoms with E-state index < -0.39 is 5.97 Å². The zero-order chi connectivity index (χ0) is 22.9. The Bertz CT molecular complexity index is 1330. The van der Waals surface area contributed by atoms with E-state index in [-0.39, 0.29) is 26.6 Å². The molecule has 0 bridgehead atoms. The van der Waals surface area contributed by atoms with E-state index in [0.29, 0.717) is 56.2 Å². The van der Waals surface area contributed by atoms with Crippen molar-refractivity contribution >= 4 is 16.7 Å². The van der Waals surface area contributed by atoms with Gasteiger partial charge < -0.3 is 28.4 Å². The second-order valence-corrected chi connectivity index (χ2v) is 7.26. The van der Waals surface area contributed by atoms with Crippen LogP contribution in [0, 0.1) is 0 Å². The molecule has 168 valence electrons. The number of carbonyl (C=O) groups is 1. The van der Waals surface area contributed by atoms with Crippen LogP contribution in [0.15, 0.2) is 35.4 Å². The molecule has 0 saturated carbocycles. The number of cyclic esters (lactones) is 1. The number of fused-ring (bicyclic) bond motifs is 3. The molecular weight excluding hydrogens is 430 g/mol. The molecular formula is C23H19N3O7. The fourth-order valence-electron chi connectivity index (χ4n) is 4.16. The number of esters is 1. The van der Waals surface area contributed by atoms with E-state index in [4.69, 9.17) is 34.0 Å². The molecule has 3 aromatic rings. The number of hydrogen-bond acceptors (Lipinski definition) is 8. The smallest absolute Gasteiger partial charge is 0.339 e. The van der Waals surface area contributed by atoms with Gasteiger partial charge in [0.05, 0.1) is 32.9 Å². The van der Waals surface area contributed by atoms with Crippen LogP contribution in [0.5, 0.6) is 28.7 Å². The van der Waals surface area contributed by atoms with Gasteiger partial charge in [-0.05, 0) is 40.7 Å². The number of azide groups is 1. The summed E-state index contributed by atoms with van der Waals surface area (Å²) in [5.74, 6) is 2.26. The van der Waals surface area contributed by atoms with Gasteiger partial charge in [-0.1, -0.05) is 11.2 Å². The molecule has 0 unspecified atom stereocenters. The van der Waals surface area contributed by atoms with E-state index in [1.165, 1.54) is 0 Å². The lowest BCUT2D eigenvalue weighted by atomic mass is 9.89. The van der Waals surface area contributed by atoms with Crippen LogP contribution in [0.25, 0.3) is 32.3 Å². The average Bonchev–Trinajstić information content (AvgIpc) is 3.46. The van der Waals surface area contributed by atoms with Crippen molar-refractivity contribution in [3.05, 3.63) is 51.9 Å². The lowest BCUT2D eigenvalue weighted by Crippen LogP contribution is -2.06. The van der Waals surface area contributed by atoms with E-state index in [0.717, 1.165) is 5.56 Å². The van der Waals surface area contributed by atoms with Gasteiger partial charge >= 0.3 is 5.97 Å². The van der Waals surface area contributed by atoms with E-state index in [2.05, 4.69) is 10.0 Å². The molecule has 0 saturated heterocycles. The van der Waals surface area contributed by atoms with Gasteiger partial charge in [-0.2, -0.15) is 0 Å². The highest BCUT2D eigenvalue weighted by Gasteiger charge is 2.33. The number of carbonyl (C=O) groups excluding carboxylic acids is 1. The maximum atomic E-state index is 12.9. The number of hydrogen-bond donors (Lipinski definition) is 0. The second-order valence-electron chi connectivity index (χ2n) is 7.26. The first-order valence-electron chi connectivity index (χ1n) is 10.1. The molecule has 0 spiro atoms. The molecule has 0 aromatic heterocycles. The quantitative estimate of drug-likeness (QED) is 0.170. The maximum absolute atomic E-state index is 12.9. The van der Waals surface area contributed by atoms with Gasteiger partial charge in [0.25, 0.3) is 0 Å². The van der Waals surface area contributed by atoms with Gasteiger partial charge in [-0.3, -0.25) is 0 Å². The fourth-order valence-corrected chi connectivity index (χ4v) is 4.16. The van der Waals surface area contributed by atoms with Crippen LogP contribution in [0.1, 0.15) is 15.9 Å². The van der Waals surface area contributed by atoms with Crippen molar-refractivity contribution in [3.8, 4) is 39.9 Å². The lowest BCUT2D eigenvalue weighted by molar-refractivity contribution is 0.0534. The van der Waals surface area contributed by atoms with Crippen LogP contribution in [0.2, 0.25) is 0 Å². The summed E-state index contributed by atoms with van der Waals surface area (Å²) in [7, 11) is 3.09. The van der Waals surface area contributed by atoms with Crippen LogP contribution in [-0.2, 0) is 11.3 Å². The minimum absolute atomic E-state index is 0.0624. The molecule has 0 fully saturated rings. The predicted octanol–water partition coefficient (Wildman–Crippen LogP) is 4.61. The number of ether oxygens (including phenoxy) is 6. The Morgan fingerprint density at radius 3 is 2.52 bits per heavy atom. The Balaban J connectivity index is 1.81. The number of nitrogens with zero attached hydrogens (tertiary/aromatic N) is 3. The molecule has 2 heterocycles. The third kappa shape index (κ3) is 3.37. The SMILES string of the molecule is COc1cc2c(OCCN=[N+]=[N-])c3c(c(-c4ccc5c(c4)OCO5)c2cc1OC)C(=O)OC3. The first kappa shape index (κ1) is 20.6. The van der Waals surface area contributed by atoms with Crippen LogP contribution < -0.4 is 23.7 Å². The van der Waals surface area contributed by atoms with Crippen LogP contribution in [-0.4, -0.2) is 40.1 Å². The van der Waals surface area contributed by atoms with Crippen molar-refractivity contribution < 1.29 is 33.2 Å². The lowest BCUT2D eigenvalue weighted by Gasteiger charge is -2.19. The van der Waals surface area contributed by atoms with E-state index in [1.807, 2.05) is 12.1 Å². The molecule has 0 radical (unpaired) electrons. The molecule has 0 amide bonds. The van der Waals surface area contributed by atoms with Gasteiger partial charge in [-0.15, -0.1) is 0 Å². The van der Waals surface area contributed by atoms with E-state index in [9.17, 15) is 4.79 Å². The monoisotopic (exact) mass is 449 g/mol. The van der Waals surface area contributed by atoms with Gasteiger partial charge in [0, 0.05) is 21.4 Å². The van der Waals surface area contributed by atoms with E-state index >= 15 is 0 Å². The fraction of sp³-hybridized carbons (Fsp3) is 0.261. The summed E-state index contributed by atoms with van der Waals surface area (Å²) in [4.78, 5) is 15.6. The predicted molar refractivity (Wildman–Crippen MR) is 117 cm³/mol. The third-order valence-corrected chi connectivity index (χ3v) is 5.58. The standard InChI is InChI=1S/C23H19N3O7/c1-28-17-8-13-14(9-18(17)29-2)22(30-6-5-25-26-24)15-10-31-23(27)21(15)20(13)12-3-4-16-19(7-12)33-11-32-16/h3-4,7-9H,5-6,10-11H2,1-2H3. The first-order valence-corrected chi connectivity index (χ1v) is 10.1. The largest absolute Gasteiger partial charge is 0.493 e. The minimum atomic E-state index is -0.450. The highest BCUT2D eigenvalue weighted by atomic mass is 16.7. The summed E-state index contributed by atoms with van der Waals surface area (Å²) in [6, 6.07) is 9.12. The molecule has 3 aromatic carbocycles. The highest BCUT2D eigenvalue weighted by Crippen LogP contribution is 2.49. The van der Waals surface area contributed by atoms with E-state index in [1.54, 1.807) is 32.4 Å². The molecule has 0 aliphatic carbocycles. The Hall–Kier alpha value is -4.30. The summed E-state index contributed by atoms with van der Waals surface area (Å²) in [6.07, 6.45) is 0. The summed E-state index contributed by atoms with van der Waals surface area (Å²) in [6.45, 7) is 0.478. The van der Waals surface area contributed by atoms with Crippen molar-refractivity contribution in [1.82, 2.24) is 0 Å². The average molecular weight is 449 g/mol. The zero-order valence-electron chi connectivity index (χ0n) is 17.9. The van der Waals surface area contributed by atoms with Crippen molar-refractivity contribution in [2.45, 2.75) is 6.61 Å². The van der Waals surface area contributed by atoms with Gasteiger partial charge in [-0.25, -0.2) is 4.79 Å². The zero-order valence-corrected chi connectivity index (χ0v) is 17.9. The molecule has 10 nitrogen and oxygen atoms in total. The first-order chi connectivity index (χ1) is 16.2. The van der Waals surface area contributed by atoms with Crippen molar-refractivity contribution in [1.29, 1.82) is 0 Å². The van der Waals surface area contributed by atoms with Crippen LogP contribution in [0.4, 0.5) is 0 Å². The van der Waals surface area contributed by atoms with Gasteiger partial charge in [0.2, 0.25) is 6.79 Å². The van der Waals surface area contributed by atoms with Gasteiger partial charge in [0.15, 0.2) is 23.0 Å².